The summed E-state index contributed by atoms with van der Waals surface area (Å²) in [5.41, 5.74) is 6.58. The Morgan fingerprint density at radius 1 is 0.892 bits per heavy atom. The van der Waals surface area contributed by atoms with Gasteiger partial charge < -0.3 is 18.9 Å². The number of esters is 2. The van der Waals surface area contributed by atoms with Crippen molar-refractivity contribution >= 4 is 23.3 Å². The SMILES string of the molecule is CCOC(=O)CCCOc1cccc(COc2cc(C)cc(-c3cscc3C)c2)c1CCC(=O)OCC. The molecule has 0 aliphatic heterocycles. The largest absolute Gasteiger partial charge is 0.493 e. The van der Waals surface area contributed by atoms with Gasteiger partial charge in [0.25, 0.3) is 0 Å². The molecule has 0 unspecified atom stereocenters. The highest BCUT2D eigenvalue weighted by Crippen LogP contribution is 2.32. The Morgan fingerprint density at radius 2 is 1.65 bits per heavy atom. The molecule has 0 amide bonds. The van der Waals surface area contributed by atoms with Gasteiger partial charge in [-0.2, -0.15) is 11.3 Å². The predicted octanol–water partition coefficient (Wildman–Crippen LogP) is 6.83. The quantitative estimate of drug-likeness (QED) is 0.170. The number of aryl methyl sites for hydroxylation is 2. The third-order valence-corrected chi connectivity index (χ3v) is 6.68. The summed E-state index contributed by atoms with van der Waals surface area (Å²) in [5.74, 6) is 0.998. The van der Waals surface area contributed by atoms with Gasteiger partial charge in [-0.15, -0.1) is 0 Å². The molecule has 0 atom stereocenters. The maximum absolute atomic E-state index is 12.1. The molecule has 1 aromatic heterocycles. The minimum absolute atomic E-state index is 0.231. The van der Waals surface area contributed by atoms with E-state index in [-0.39, 0.29) is 18.4 Å². The highest BCUT2D eigenvalue weighted by atomic mass is 32.1. The number of thiophene rings is 1. The summed E-state index contributed by atoms with van der Waals surface area (Å²) < 4.78 is 22.4. The molecule has 6 nitrogen and oxygen atoms in total. The minimum Gasteiger partial charge on any atom is -0.493 e. The molecule has 37 heavy (non-hydrogen) atoms. The first kappa shape index (κ1) is 28.3. The molecule has 0 fully saturated rings. The number of hydrogen-bond donors (Lipinski definition) is 0. The van der Waals surface area contributed by atoms with Gasteiger partial charge in [-0.1, -0.05) is 18.2 Å². The Morgan fingerprint density at radius 3 is 2.35 bits per heavy atom. The molecule has 198 valence electrons. The highest BCUT2D eigenvalue weighted by molar-refractivity contribution is 7.08. The van der Waals surface area contributed by atoms with Crippen LogP contribution in [0.4, 0.5) is 0 Å². The Bertz CT molecular complexity index is 1180. The predicted molar refractivity (Wildman–Crippen MR) is 146 cm³/mol. The van der Waals surface area contributed by atoms with Gasteiger partial charge in [-0.3, -0.25) is 9.59 Å². The summed E-state index contributed by atoms with van der Waals surface area (Å²) in [6, 6.07) is 12.1. The lowest BCUT2D eigenvalue weighted by Gasteiger charge is -2.17. The highest BCUT2D eigenvalue weighted by Gasteiger charge is 2.14. The van der Waals surface area contributed by atoms with Crippen LogP contribution in [0.15, 0.2) is 47.2 Å². The van der Waals surface area contributed by atoms with E-state index in [1.807, 2.05) is 24.3 Å². The summed E-state index contributed by atoms with van der Waals surface area (Å²) in [6.45, 7) is 9.19. The lowest BCUT2D eigenvalue weighted by molar-refractivity contribution is -0.144. The number of ether oxygens (including phenoxy) is 4. The molecule has 0 radical (unpaired) electrons. The third-order valence-electron chi connectivity index (χ3n) is 5.81. The van der Waals surface area contributed by atoms with Crippen molar-refractivity contribution < 1.29 is 28.5 Å². The lowest BCUT2D eigenvalue weighted by atomic mass is 10.0. The fraction of sp³-hybridized carbons (Fsp3) is 0.400. The van der Waals surface area contributed by atoms with Crippen LogP contribution in [0.2, 0.25) is 0 Å². The van der Waals surface area contributed by atoms with E-state index < -0.39 is 0 Å². The van der Waals surface area contributed by atoms with Crippen LogP contribution in [0.3, 0.4) is 0 Å². The minimum atomic E-state index is -0.249. The van der Waals surface area contributed by atoms with Crippen LogP contribution in [0.1, 0.15) is 55.4 Å². The second-order valence-electron chi connectivity index (χ2n) is 8.75. The number of rotatable bonds is 14. The van der Waals surface area contributed by atoms with Gasteiger partial charge in [0.15, 0.2) is 0 Å². The van der Waals surface area contributed by atoms with Gasteiger partial charge in [0.2, 0.25) is 0 Å². The molecule has 3 rings (SSSR count). The molecular weight excluding hydrogens is 488 g/mol. The fourth-order valence-electron chi connectivity index (χ4n) is 4.06. The van der Waals surface area contributed by atoms with Crippen LogP contribution in [-0.2, 0) is 32.1 Å². The van der Waals surface area contributed by atoms with E-state index in [1.165, 1.54) is 11.1 Å². The standard InChI is InChI=1S/C30H36O6S/c1-5-33-29(31)11-8-14-35-28-10-7-9-23(26(28)12-13-30(32)34-6-2)18-36-25-16-21(3)15-24(17-25)27-20-37-19-22(27)4/h7,9-10,15-17,19-20H,5-6,8,11-14,18H2,1-4H3. The van der Waals surface area contributed by atoms with Crippen LogP contribution in [-0.4, -0.2) is 31.8 Å². The van der Waals surface area contributed by atoms with E-state index in [0.717, 1.165) is 28.0 Å². The first-order valence-electron chi connectivity index (χ1n) is 12.7. The van der Waals surface area contributed by atoms with Crippen LogP contribution >= 0.6 is 11.3 Å². The van der Waals surface area contributed by atoms with Crippen molar-refractivity contribution in [3.8, 4) is 22.6 Å². The monoisotopic (exact) mass is 524 g/mol. The zero-order valence-corrected chi connectivity index (χ0v) is 22.9. The summed E-state index contributed by atoms with van der Waals surface area (Å²) in [4.78, 5) is 23.7. The van der Waals surface area contributed by atoms with Crippen molar-refractivity contribution in [2.45, 2.75) is 60.0 Å². The molecule has 0 N–H and O–H groups in total. The molecule has 0 spiro atoms. The van der Waals surface area contributed by atoms with Gasteiger partial charge in [0.1, 0.15) is 18.1 Å². The Balaban J connectivity index is 1.75. The van der Waals surface area contributed by atoms with Crippen LogP contribution in [0, 0.1) is 13.8 Å². The van der Waals surface area contributed by atoms with Crippen molar-refractivity contribution in [2.24, 2.45) is 0 Å². The number of hydrogen-bond acceptors (Lipinski definition) is 7. The molecule has 0 saturated heterocycles. The molecule has 0 aliphatic carbocycles. The summed E-state index contributed by atoms with van der Waals surface area (Å²) >= 11 is 1.69. The Kier molecular flexibility index (Phi) is 11.0. The summed E-state index contributed by atoms with van der Waals surface area (Å²) in [6.07, 6.45) is 1.56. The molecule has 2 aromatic carbocycles. The maximum atomic E-state index is 12.1. The average molecular weight is 525 g/mol. The summed E-state index contributed by atoms with van der Waals surface area (Å²) in [7, 11) is 0. The molecule has 0 bridgehead atoms. The topological polar surface area (TPSA) is 71.1 Å². The van der Waals surface area contributed by atoms with E-state index in [2.05, 4.69) is 36.7 Å². The number of carbonyl (C=O) groups excluding carboxylic acids is 2. The second-order valence-corrected chi connectivity index (χ2v) is 9.49. The van der Waals surface area contributed by atoms with Gasteiger partial charge in [-0.05, 0) is 97.3 Å². The number of benzene rings is 2. The van der Waals surface area contributed by atoms with Gasteiger partial charge in [0.05, 0.1) is 19.8 Å². The van der Waals surface area contributed by atoms with E-state index in [0.29, 0.717) is 51.4 Å². The van der Waals surface area contributed by atoms with Crippen LogP contribution in [0.5, 0.6) is 11.5 Å². The van der Waals surface area contributed by atoms with Crippen molar-refractivity contribution in [1.82, 2.24) is 0 Å². The average Bonchev–Trinajstić information content (AvgIpc) is 3.30. The molecule has 3 aromatic rings. The van der Waals surface area contributed by atoms with Gasteiger partial charge in [0, 0.05) is 18.4 Å². The lowest BCUT2D eigenvalue weighted by Crippen LogP contribution is -2.10. The van der Waals surface area contributed by atoms with Crippen LogP contribution in [0.25, 0.3) is 11.1 Å². The first-order valence-corrected chi connectivity index (χ1v) is 13.7. The molecule has 7 heteroatoms. The molecule has 1 heterocycles. The molecule has 0 saturated carbocycles. The third kappa shape index (κ3) is 8.64. The fourth-order valence-corrected chi connectivity index (χ4v) is 4.92. The smallest absolute Gasteiger partial charge is 0.306 e. The van der Waals surface area contributed by atoms with Crippen molar-refractivity contribution in [3.63, 3.8) is 0 Å². The Labute approximate surface area is 223 Å². The van der Waals surface area contributed by atoms with Crippen molar-refractivity contribution in [3.05, 3.63) is 69.4 Å². The van der Waals surface area contributed by atoms with E-state index >= 15 is 0 Å². The molecular formula is C30H36O6S. The van der Waals surface area contributed by atoms with Crippen molar-refractivity contribution in [2.75, 3.05) is 19.8 Å². The maximum Gasteiger partial charge on any atom is 0.306 e. The normalized spacial score (nSPS) is 10.7. The second kappa shape index (κ2) is 14.4. The van der Waals surface area contributed by atoms with Gasteiger partial charge >= 0.3 is 11.9 Å². The zero-order chi connectivity index (χ0) is 26.6. The van der Waals surface area contributed by atoms with E-state index in [4.69, 9.17) is 18.9 Å². The molecule has 0 aliphatic rings. The Hall–Kier alpha value is -3.32. The van der Waals surface area contributed by atoms with E-state index in [9.17, 15) is 9.59 Å². The van der Waals surface area contributed by atoms with Crippen LogP contribution < -0.4 is 9.47 Å². The van der Waals surface area contributed by atoms with E-state index in [1.54, 1.807) is 25.2 Å². The number of carbonyl (C=O) groups is 2. The van der Waals surface area contributed by atoms with Crippen molar-refractivity contribution in [1.29, 1.82) is 0 Å². The first-order chi connectivity index (χ1) is 17.9. The van der Waals surface area contributed by atoms with Gasteiger partial charge in [-0.25, -0.2) is 0 Å². The zero-order valence-electron chi connectivity index (χ0n) is 22.1. The summed E-state index contributed by atoms with van der Waals surface area (Å²) in [5, 5.41) is 4.30.